The van der Waals surface area contributed by atoms with E-state index in [9.17, 15) is 9.18 Å². The summed E-state index contributed by atoms with van der Waals surface area (Å²) in [7, 11) is 0. The number of nitrogens with zero attached hydrogens (tertiary/aromatic N) is 2. The summed E-state index contributed by atoms with van der Waals surface area (Å²) in [6.07, 6.45) is 10.2. The van der Waals surface area contributed by atoms with Gasteiger partial charge in [-0.3, -0.25) is 4.79 Å². The van der Waals surface area contributed by atoms with E-state index in [4.69, 9.17) is 5.73 Å². The van der Waals surface area contributed by atoms with Gasteiger partial charge in [0.25, 0.3) is 0 Å². The lowest BCUT2D eigenvalue weighted by atomic mass is 9.75. The molecule has 1 atom stereocenters. The van der Waals surface area contributed by atoms with Crippen molar-refractivity contribution < 1.29 is 9.18 Å². The fourth-order valence-corrected chi connectivity index (χ4v) is 4.82. The van der Waals surface area contributed by atoms with E-state index in [0.717, 1.165) is 17.7 Å². The Balaban J connectivity index is 0.000000176. The van der Waals surface area contributed by atoms with Crippen LogP contribution in [0.15, 0.2) is 54.2 Å². The van der Waals surface area contributed by atoms with Crippen molar-refractivity contribution in [3.8, 4) is 5.69 Å². The Bertz CT molecular complexity index is 1180. The summed E-state index contributed by atoms with van der Waals surface area (Å²) in [6.45, 7) is 6.42. The molecule has 0 aliphatic heterocycles. The molecule has 166 valence electrons. The van der Waals surface area contributed by atoms with Crippen molar-refractivity contribution in [1.82, 2.24) is 9.78 Å². The van der Waals surface area contributed by atoms with Gasteiger partial charge >= 0.3 is 0 Å². The van der Waals surface area contributed by atoms with Crippen molar-refractivity contribution in [3.05, 3.63) is 88.0 Å². The van der Waals surface area contributed by atoms with Gasteiger partial charge in [-0.1, -0.05) is 43.2 Å². The molecule has 2 aliphatic carbocycles. The summed E-state index contributed by atoms with van der Waals surface area (Å²) in [4.78, 5) is 10.8. The molecule has 1 heterocycles. The summed E-state index contributed by atoms with van der Waals surface area (Å²) >= 11 is 0. The lowest BCUT2D eigenvalue weighted by Crippen LogP contribution is -2.21. The van der Waals surface area contributed by atoms with E-state index in [0.29, 0.717) is 11.8 Å². The lowest BCUT2D eigenvalue weighted by molar-refractivity contribution is 0.0999. The number of rotatable bonds is 3. The van der Waals surface area contributed by atoms with Gasteiger partial charge in [0.2, 0.25) is 5.91 Å². The summed E-state index contributed by atoms with van der Waals surface area (Å²) < 4.78 is 14.7. The number of hydrogen-bond donors (Lipinski definition) is 1. The third kappa shape index (κ3) is 4.24. The molecule has 5 heteroatoms. The zero-order valence-corrected chi connectivity index (χ0v) is 19.0. The van der Waals surface area contributed by atoms with Gasteiger partial charge in [-0.2, -0.15) is 5.10 Å². The molecular formula is C27H30FN3O. The topological polar surface area (TPSA) is 60.9 Å². The van der Waals surface area contributed by atoms with Crippen LogP contribution in [0.5, 0.6) is 0 Å². The van der Waals surface area contributed by atoms with Gasteiger partial charge in [0.15, 0.2) is 0 Å². The quantitative estimate of drug-likeness (QED) is 0.570. The van der Waals surface area contributed by atoms with Gasteiger partial charge in [-0.25, -0.2) is 9.07 Å². The largest absolute Gasteiger partial charge is 0.366 e. The van der Waals surface area contributed by atoms with Gasteiger partial charge in [0.05, 0.1) is 17.6 Å². The molecule has 32 heavy (non-hydrogen) atoms. The second kappa shape index (κ2) is 8.73. The summed E-state index contributed by atoms with van der Waals surface area (Å²) in [6, 6.07) is 12.7. The molecule has 1 amide bonds. The molecule has 0 unspecified atom stereocenters. The number of benzene rings is 2. The Morgan fingerprint density at radius 1 is 1.22 bits per heavy atom. The minimum absolute atomic E-state index is 0.275. The molecule has 2 aromatic carbocycles. The Kier molecular flexibility index (Phi) is 6.00. The standard InChI is InChI=1S/C18H20N2.C9H10FNO/c1-13-5-7-16(8-6-13)20-17-10-15-4-3-9-18(15,2)11-14(17)12-19-20;1-2-6-3-4-7(10)5-8(6)9(11)12/h5-8,10,12H,3-4,9,11H2,1-2H3;3-5H,2H2,1H3,(H2,11,12)/t18-;/m0./s1. The molecule has 1 saturated carbocycles. The average molecular weight is 432 g/mol. The molecule has 1 aromatic heterocycles. The van der Waals surface area contributed by atoms with Crippen molar-refractivity contribution in [3.63, 3.8) is 0 Å². The van der Waals surface area contributed by atoms with Gasteiger partial charge in [0.1, 0.15) is 5.82 Å². The molecule has 0 bridgehead atoms. The van der Waals surface area contributed by atoms with Crippen LogP contribution in [0.3, 0.4) is 0 Å². The van der Waals surface area contributed by atoms with Crippen LogP contribution < -0.4 is 5.73 Å². The van der Waals surface area contributed by atoms with Crippen molar-refractivity contribution in [2.75, 3.05) is 0 Å². The maximum Gasteiger partial charge on any atom is 0.249 e. The average Bonchev–Trinajstić information content (AvgIpc) is 3.34. The van der Waals surface area contributed by atoms with Crippen LogP contribution in [-0.4, -0.2) is 15.7 Å². The number of carbonyl (C=O) groups is 1. The van der Waals surface area contributed by atoms with Crippen LogP contribution >= 0.6 is 0 Å². The lowest BCUT2D eigenvalue weighted by Gasteiger charge is -2.29. The van der Waals surface area contributed by atoms with Gasteiger partial charge in [-0.05, 0) is 85.9 Å². The first-order valence-electron chi connectivity index (χ1n) is 11.2. The zero-order valence-electron chi connectivity index (χ0n) is 19.0. The van der Waals surface area contributed by atoms with Crippen LogP contribution in [0.1, 0.15) is 65.9 Å². The predicted octanol–water partition coefficient (Wildman–Crippen LogP) is 5.80. The number of hydrogen-bond acceptors (Lipinski definition) is 2. The Hall–Kier alpha value is -3.21. The number of halogens is 1. The Morgan fingerprint density at radius 2 is 1.97 bits per heavy atom. The zero-order chi connectivity index (χ0) is 22.9. The molecule has 0 saturated heterocycles. The van der Waals surface area contributed by atoms with Crippen molar-refractivity contribution in [2.45, 2.75) is 52.9 Å². The smallest absolute Gasteiger partial charge is 0.249 e. The highest BCUT2D eigenvalue weighted by molar-refractivity contribution is 5.94. The first kappa shape index (κ1) is 22.0. The molecule has 2 N–H and O–H groups in total. The normalized spacial score (nSPS) is 18.8. The summed E-state index contributed by atoms with van der Waals surface area (Å²) in [5.41, 5.74) is 13.3. The monoisotopic (exact) mass is 431 g/mol. The number of aromatic nitrogens is 2. The highest BCUT2D eigenvalue weighted by atomic mass is 19.1. The number of fused-ring (bicyclic) bond motifs is 2. The van der Waals surface area contributed by atoms with E-state index in [1.54, 1.807) is 11.6 Å². The number of amides is 1. The second-order valence-corrected chi connectivity index (χ2v) is 9.08. The maximum absolute atomic E-state index is 12.6. The fraction of sp³-hybridized carbons (Fsp3) is 0.333. The van der Waals surface area contributed by atoms with Crippen molar-refractivity contribution in [2.24, 2.45) is 11.1 Å². The van der Waals surface area contributed by atoms with E-state index in [-0.39, 0.29) is 5.56 Å². The van der Waals surface area contributed by atoms with E-state index in [2.05, 4.69) is 60.2 Å². The van der Waals surface area contributed by atoms with Gasteiger partial charge in [-0.15, -0.1) is 0 Å². The van der Waals surface area contributed by atoms with E-state index in [1.165, 1.54) is 48.2 Å². The molecule has 5 rings (SSSR count). The van der Waals surface area contributed by atoms with Crippen LogP contribution in [-0.2, 0) is 12.8 Å². The van der Waals surface area contributed by atoms with Crippen LogP contribution in [0.2, 0.25) is 0 Å². The molecule has 3 aromatic rings. The SMILES string of the molecule is CCc1ccc(F)cc1C(N)=O.Cc1ccc(-n2ncc3c2C=C2CCC[C@@]2(C)C3)cc1. The van der Waals surface area contributed by atoms with Gasteiger partial charge in [0, 0.05) is 5.56 Å². The summed E-state index contributed by atoms with van der Waals surface area (Å²) in [5.74, 6) is -1.01. The first-order valence-corrected chi connectivity index (χ1v) is 11.2. The second-order valence-electron chi connectivity index (χ2n) is 9.08. The van der Waals surface area contributed by atoms with Gasteiger partial charge < -0.3 is 5.73 Å². The molecule has 0 radical (unpaired) electrons. The molecule has 4 nitrogen and oxygen atoms in total. The molecule has 0 spiro atoms. The Labute approximate surface area is 189 Å². The van der Waals surface area contributed by atoms with Crippen LogP contribution in [0.25, 0.3) is 11.8 Å². The number of allylic oxidation sites excluding steroid dienone is 1. The maximum atomic E-state index is 12.6. The molecular weight excluding hydrogens is 401 g/mol. The molecule has 2 aliphatic rings. The third-order valence-corrected chi connectivity index (χ3v) is 6.72. The minimum Gasteiger partial charge on any atom is -0.366 e. The Morgan fingerprint density at radius 3 is 2.66 bits per heavy atom. The number of aryl methyl sites for hydroxylation is 2. The van der Waals surface area contributed by atoms with E-state index in [1.807, 2.05) is 6.92 Å². The molecule has 1 fully saturated rings. The highest BCUT2D eigenvalue weighted by Crippen LogP contribution is 2.49. The van der Waals surface area contributed by atoms with Crippen LogP contribution in [0.4, 0.5) is 4.39 Å². The van der Waals surface area contributed by atoms with E-state index < -0.39 is 11.7 Å². The number of nitrogens with two attached hydrogens (primary N) is 1. The van der Waals surface area contributed by atoms with E-state index >= 15 is 0 Å². The minimum atomic E-state index is -0.577. The van der Waals surface area contributed by atoms with Crippen LogP contribution in [0, 0.1) is 18.2 Å². The third-order valence-electron chi connectivity index (χ3n) is 6.72. The number of primary amides is 1. The number of carbonyl (C=O) groups excluding carboxylic acids is 1. The summed E-state index contributed by atoms with van der Waals surface area (Å²) in [5, 5.41) is 4.63. The highest BCUT2D eigenvalue weighted by Gasteiger charge is 2.38. The fourth-order valence-electron chi connectivity index (χ4n) is 4.82. The van der Waals surface area contributed by atoms with Crippen molar-refractivity contribution >= 4 is 12.0 Å². The predicted molar refractivity (Wildman–Crippen MR) is 126 cm³/mol. The van der Waals surface area contributed by atoms with Crippen molar-refractivity contribution in [1.29, 1.82) is 0 Å². The first-order chi connectivity index (χ1) is 15.3.